The summed E-state index contributed by atoms with van der Waals surface area (Å²) >= 11 is 6.09. The van der Waals surface area contributed by atoms with Crippen LogP contribution < -0.4 is 10.2 Å². The van der Waals surface area contributed by atoms with Gasteiger partial charge in [0.25, 0.3) is 0 Å². The van der Waals surface area contributed by atoms with Crippen LogP contribution in [0.1, 0.15) is 16.7 Å². The standard InChI is InChI=1S/C19H15BrN4OS2/c1-26-19-16(10-21)18(27-24-19)23-22-11-14-4-2-3-5-17(14)25-12-13-6-8-15(20)9-7-13/h2-9,11,23H,12H2,1H3/b22-11-. The van der Waals surface area contributed by atoms with Crippen molar-refractivity contribution >= 4 is 50.4 Å². The second kappa shape index (κ2) is 9.55. The number of nitrogens with zero attached hydrogens (tertiary/aromatic N) is 3. The molecule has 0 spiro atoms. The fourth-order valence-corrected chi connectivity index (χ4v) is 3.89. The van der Waals surface area contributed by atoms with Crippen molar-refractivity contribution in [3.05, 3.63) is 69.7 Å². The molecule has 0 atom stereocenters. The molecule has 0 aliphatic heterocycles. The molecule has 0 aliphatic rings. The number of rotatable bonds is 7. The Balaban J connectivity index is 1.68. The monoisotopic (exact) mass is 458 g/mol. The molecule has 1 aromatic heterocycles. The van der Waals surface area contributed by atoms with Crippen molar-refractivity contribution in [1.82, 2.24) is 4.37 Å². The van der Waals surface area contributed by atoms with Gasteiger partial charge in [0.15, 0.2) is 0 Å². The Morgan fingerprint density at radius 1 is 1.30 bits per heavy atom. The SMILES string of the molecule is CSc1nsc(N/N=C\c2ccccc2OCc2ccc(Br)cc2)c1C#N. The maximum Gasteiger partial charge on any atom is 0.148 e. The summed E-state index contributed by atoms with van der Waals surface area (Å²) in [6.07, 6.45) is 3.57. The molecule has 27 heavy (non-hydrogen) atoms. The number of benzene rings is 2. The highest BCUT2D eigenvalue weighted by molar-refractivity contribution is 9.10. The van der Waals surface area contributed by atoms with E-state index in [1.54, 1.807) is 6.21 Å². The van der Waals surface area contributed by atoms with E-state index < -0.39 is 0 Å². The minimum atomic E-state index is 0.468. The zero-order chi connectivity index (χ0) is 19.1. The molecule has 0 fully saturated rings. The molecule has 0 bridgehead atoms. The maximum atomic E-state index is 9.26. The highest BCUT2D eigenvalue weighted by Crippen LogP contribution is 2.29. The van der Waals surface area contributed by atoms with Crippen LogP contribution in [-0.2, 0) is 6.61 Å². The van der Waals surface area contributed by atoms with Crippen LogP contribution in [0.25, 0.3) is 0 Å². The molecule has 0 saturated heterocycles. The lowest BCUT2D eigenvalue weighted by molar-refractivity contribution is 0.306. The molecule has 1 heterocycles. The summed E-state index contributed by atoms with van der Waals surface area (Å²) < 4.78 is 11.2. The molecule has 136 valence electrons. The van der Waals surface area contributed by atoms with Crippen LogP contribution >= 0.6 is 39.2 Å². The summed E-state index contributed by atoms with van der Waals surface area (Å²) in [5, 5.41) is 14.8. The van der Waals surface area contributed by atoms with Crippen molar-refractivity contribution in [2.75, 3.05) is 11.7 Å². The summed E-state index contributed by atoms with van der Waals surface area (Å²) in [4.78, 5) is 0. The number of aromatic nitrogens is 1. The van der Waals surface area contributed by atoms with Gasteiger partial charge in [-0.05, 0) is 47.6 Å². The van der Waals surface area contributed by atoms with Crippen molar-refractivity contribution in [2.24, 2.45) is 5.10 Å². The van der Waals surface area contributed by atoms with E-state index in [9.17, 15) is 5.26 Å². The zero-order valence-electron chi connectivity index (χ0n) is 14.3. The lowest BCUT2D eigenvalue weighted by Crippen LogP contribution is -1.99. The molecule has 3 rings (SSSR count). The first-order chi connectivity index (χ1) is 13.2. The largest absolute Gasteiger partial charge is 0.488 e. The van der Waals surface area contributed by atoms with Gasteiger partial charge in [-0.3, -0.25) is 5.43 Å². The Morgan fingerprint density at radius 2 is 2.07 bits per heavy atom. The number of ether oxygens (including phenoxy) is 1. The Bertz CT molecular complexity index is 980. The van der Waals surface area contributed by atoms with E-state index in [2.05, 4.69) is 36.9 Å². The molecule has 8 heteroatoms. The van der Waals surface area contributed by atoms with Crippen molar-refractivity contribution < 1.29 is 4.74 Å². The molecular formula is C19H15BrN4OS2. The number of nitrogens with one attached hydrogen (secondary N) is 1. The molecular weight excluding hydrogens is 444 g/mol. The van der Waals surface area contributed by atoms with Gasteiger partial charge in [-0.25, -0.2) is 0 Å². The minimum absolute atomic E-state index is 0.468. The van der Waals surface area contributed by atoms with Crippen molar-refractivity contribution in [3.63, 3.8) is 0 Å². The summed E-state index contributed by atoms with van der Waals surface area (Å²) in [6.45, 7) is 0.468. The summed E-state index contributed by atoms with van der Waals surface area (Å²) in [5.41, 5.74) is 5.34. The summed E-state index contributed by atoms with van der Waals surface area (Å²) in [5.74, 6) is 0.737. The molecule has 1 N–H and O–H groups in total. The molecule has 5 nitrogen and oxygen atoms in total. The van der Waals surface area contributed by atoms with E-state index in [0.29, 0.717) is 22.2 Å². The van der Waals surface area contributed by atoms with Crippen LogP contribution in [0.15, 0.2) is 63.1 Å². The first kappa shape index (κ1) is 19.4. The molecule has 0 radical (unpaired) electrons. The third kappa shape index (κ3) is 5.10. The van der Waals surface area contributed by atoms with Gasteiger partial charge in [0.1, 0.15) is 34.0 Å². The van der Waals surface area contributed by atoms with Gasteiger partial charge in [0.05, 0.1) is 6.21 Å². The smallest absolute Gasteiger partial charge is 0.148 e. The number of hydrogen-bond donors (Lipinski definition) is 1. The topological polar surface area (TPSA) is 70.3 Å². The molecule has 0 saturated carbocycles. The number of hydrogen-bond acceptors (Lipinski definition) is 7. The van der Waals surface area contributed by atoms with Crippen molar-refractivity contribution in [1.29, 1.82) is 5.26 Å². The number of para-hydroxylation sites is 1. The molecule has 0 aliphatic carbocycles. The van der Waals surface area contributed by atoms with E-state index in [4.69, 9.17) is 4.74 Å². The molecule has 0 unspecified atom stereocenters. The van der Waals surface area contributed by atoms with Crippen LogP contribution in [0.4, 0.5) is 5.00 Å². The summed E-state index contributed by atoms with van der Waals surface area (Å²) in [6, 6.07) is 17.8. The Kier molecular flexibility index (Phi) is 6.87. The Morgan fingerprint density at radius 3 is 2.81 bits per heavy atom. The normalized spacial score (nSPS) is 10.7. The molecule has 0 amide bonds. The highest BCUT2D eigenvalue weighted by Gasteiger charge is 2.12. The van der Waals surface area contributed by atoms with Gasteiger partial charge < -0.3 is 4.74 Å². The highest BCUT2D eigenvalue weighted by atomic mass is 79.9. The fraction of sp³-hybridized carbons (Fsp3) is 0.105. The third-order valence-electron chi connectivity index (χ3n) is 3.56. The van der Waals surface area contributed by atoms with Crippen LogP contribution in [0.3, 0.4) is 0 Å². The van der Waals surface area contributed by atoms with E-state index in [-0.39, 0.29) is 0 Å². The Labute approximate surface area is 174 Å². The second-order valence-electron chi connectivity index (χ2n) is 5.33. The second-order valence-corrected chi connectivity index (χ2v) is 7.81. The van der Waals surface area contributed by atoms with Crippen LogP contribution in [0.5, 0.6) is 5.75 Å². The number of anilines is 1. The number of hydrazone groups is 1. The quantitative estimate of drug-likeness (QED) is 0.286. The van der Waals surface area contributed by atoms with E-state index >= 15 is 0 Å². The minimum Gasteiger partial charge on any atom is -0.488 e. The van der Waals surface area contributed by atoms with Gasteiger partial charge in [-0.15, -0.1) is 11.8 Å². The average Bonchev–Trinajstić information content (AvgIpc) is 3.10. The molecule has 3 aromatic rings. The van der Waals surface area contributed by atoms with E-state index in [1.807, 2.05) is 54.8 Å². The lowest BCUT2D eigenvalue weighted by Gasteiger charge is -2.09. The van der Waals surface area contributed by atoms with Crippen molar-refractivity contribution in [2.45, 2.75) is 11.6 Å². The van der Waals surface area contributed by atoms with Gasteiger partial charge in [-0.1, -0.05) is 40.2 Å². The van der Waals surface area contributed by atoms with Gasteiger partial charge in [0.2, 0.25) is 0 Å². The number of nitriles is 1. The fourth-order valence-electron chi connectivity index (χ4n) is 2.21. The number of halogens is 1. The predicted octanol–water partition coefficient (Wildman–Crippen LogP) is 5.52. The first-order valence-electron chi connectivity index (χ1n) is 7.90. The number of thioether (sulfide) groups is 1. The third-order valence-corrected chi connectivity index (χ3v) is 5.64. The maximum absolute atomic E-state index is 9.26. The van der Waals surface area contributed by atoms with Crippen molar-refractivity contribution in [3.8, 4) is 11.8 Å². The zero-order valence-corrected chi connectivity index (χ0v) is 17.6. The Hall–Kier alpha value is -2.34. The van der Waals surface area contributed by atoms with Crippen LogP contribution in [0, 0.1) is 11.3 Å². The van der Waals surface area contributed by atoms with Crippen LogP contribution in [-0.4, -0.2) is 16.8 Å². The van der Waals surface area contributed by atoms with E-state index in [1.165, 1.54) is 23.3 Å². The first-order valence-corrected chi connectivity index (χ1v) is 10.7. The van der Waals surface area contributed by atoms with Gasteiger partial charge >= 0.3 is 0 Å². The van der Waals surface area contributed by atoms with Gasteiger partial charge in [-0.2, -0.15) is 14.7 Å². The molecule has 2 aromatic carbocycles. The van der Waals surface area contributed by atoms with Crippen LogP contribution in [0.2, 0.25) is 0 Å². The lowest BCUT2D eigenvalue weighted by atomic mass is 10.2. The van der Waals surface area contributed by atoms with Gasteiger partial charge in [0, 0.05) is 10.0 Å². The predicted molar refractivity (Wildman–Crippen MR) is 115 cm³/mol. The average molecular weight is 459 g/mol. The summed E-state index contributed by atoms with van der Waals surface area (Å²) in [7, 11) is 0. The van der Waals surface area contributed by atoms with E-state index in [0.717, 1.165) is 21.3 Å².